The van der Waals surface area contributed by atoms with Crippen LogP contribution in [0.25, 0.3) is 0 Å². The van der Waals surface area contributed by atoms with E-state index in [1.165, 1.54) is 37.1 Å². The Kier molecular flexibility index (Phi) is 5.44. The van der Waals surface area contributed by atoms with E-state index in [9.17, 15) is 0 Å². The molecule has 4 heterocycles. The maximum absolute atomic E-state index is 6.40. The summed E-state index contributed by atoms with van der Waals surface area (Å²) in [6.07, 6.45) is 13.4. The zero-order valence-electron chi connectivity index (χ0n) is 18.5. The van der Waals surface area contributed by atoms with E-state index in [4.69, 9.17) is 9.72 Å². The number of pyridine rings is 1. The lowest BCUT2D eigenvalue weighted by Gasteiger charge is -2.46. The summed E-state index contributed by atoms with van der Waals surface area (Å²) in [5.41, 5.74) is 2.81. The number of rotatable bonds is 6. The second-order valence-corrected chi connectivity index (χ2v) is 10.2. The molecule has 0 radical (unpaired) electrons. The van der Waals surface area contributed by atoms with Gasteiger partial charge in [0, 0.05) is 30.1 Å². The summed E-state index contributed by atoms with van der Waals surface area (Å²) in [5.74, 6) is 0.605. The van der Waals surface area contributed by atoms with Gasteiger partial charge < -0.3 is 10.1 Å². The highest BCUT2D eigenvalue weighted by molar-refractivity contribution is 5.21. The maximum Gasteiger partial charge on any atom is 0.0691 e. The molecule has 162 valence electrons. The fourth-order valence-corrected chi connectivity index (χ4v) is 6.36. The van der Waals surface area contributed by atoms with Crippen molar-refractivity contribution in [3.63, 3.8) is 0 Å². The molecular weight excluding hydrogens is 372 g/mol. The normalized spacial score (nSPS) is 30.2. The Bertz CT molecular complexity index is 842. The van der Waals surface area contributed by atoms with Crippen LogP contribution in [-0.2, 0) is 10.2 Å². The minimum Gasteiger partial charge on any atom is -0.375 e. The third-order valence-electron chi connectivity index (χ3n) is 7.99. The minimum absolute atomic E-state index is 0.0878. The predicted molar refractivity (Wildman–Crippen MR) is 118 cm³/mol. The Labute approximate surface area is 180 Å². The first-order chi connectivity index (χ1) is 14.6. The lowest BCUT2D eigenvalue weighted by Crippen LogP contribution is -2.47. The van der Waals surface area contributed by atoms with Gasteiger partial charge in [-0.25, -0.2) is 0 Å². The molecule has 1 spiro atoms. The highest BCUT2D eigenvalue weighted by Gasteiger charge is 2.48. The Morgan fingerprint density at radius 2 is 2.03 bits per heavy atom. The molecule has 5 nitrogen and oxygen atoms in total. The topological polar surface area (TPSA) is 52.0 Å². The molecule has 0 amide bonds. The predicted octanol–water partition coefficient (Wildman–Crippen LogP) is 4.96. The molecule has 5 heteroatoms. The van der Waals surface area contributed by atoms with Gasteiger partial charge >= 0.3 is 0 Å². The van der Waals surface area contributed by atoms with Crippen LogP contribution >= 0.6 is 0 Å². The number of hydrogen-bond acceptors (Lipinski definition) is 4. The van der Waals surface area contributed by atoms with Gasteiger partial charge in [0.1, 0.15) is 0 Å². The Morgan fingerprint density at radius 3 is 2.80 bits per heavy atom. The number of aromatic nitrogens is 3. The molecule has 1 N–H and O–H groups in total. The van der Waals surface area contributed by atoms with Gasteiger partial charge in [-0.15, -0.1) is 0 Å². The van der Waals surface area contributed by atoms with Crippen LogP contribution in [0.5, 0.6) is 0 Å². The van der Waals surface area contributed by atoms with Crippen molar-refractivity contribution in [2.75, 3.05) is 13.2 Å². The largest absolute Gasteiger partial charge is 0.375 e. The fraction of sp³-hybridized carbons (Fsp3) is 0.680. The van der Waals surface area contributed by atoms with Crippen LogP contribution < -0.4 is 5.32 Å². The van der Waals surface area contributed by atoms with E-state index in [2.05, 4.69) is 47.1 Å². The SMILES string of the molecule is CC(C)[C@H]1C[C@H](NCC[C@@]2(c3ccccn3)CCOC3(CCCC3)C2)c2ccnn21. The van der Waals surface area contributed by atoms with Crippen LogP contribution in [0.3, 0.4) is 0 Å². The average Bonchev–Trinajstić information content (AvgIpc) is 3.47. The quantitative estimate of drug-likeness (QED) is 0.734. The zero-order chi connectivity index (χ0) is 20.6. The third-order valence-corrected chi connectivity index (χ3v) is 7.99. The van der Waals surface area contributed by atoms with E-state index in [-0.39, 0.29) is 11.0 Å². The summed E-state index contributed by atoms with van der Waals surface area (Å²) in [7, 11) is 0. The van der Waals surface area contributed by atoms with Crippen LogP contribution in [0.2, 0.25) is 0 Å². The number of nitrogens with one attached hydrogen (secondary N) is 1. The van der Waals surface area contributed by atoms with Crippen LogP contribution in [-0.4, -0.2) is 33.5 Å². The molecule has 0 aromatic carbocycles. The maximum atomic E-state index is 6.40. The van der Waals surface area contributed by atoms with Crippen molar-refractivity contribution in [3.05, 3.63) is 48.0 Å². The first-order valence-corrected chi connectivity index (χ1v) is 11.9. The molecule has 5 rings (SSSR count). The molecule has 1 saturated carbocycles. The Hall–Kier alpha value is -1.72. The van der Waals surface area contributed by atoms with E-state index in [1.54, 1.807) is 0 Å². The van der Waals surface area contributed by atoms with E-state index >= 15 is 0 Å². The number of fused-ring (bicyclic) bond motifs is 1. The van der Waals surface area contributed by atoms with Gasteiger partial charge in [0.25, 0.3) is 0 Å². The van der Waals surface area contributed by atoms with Gasteiger partial charge in [0.15, 0.2) is 0 Å². The highest BCUT2D eigenvalue weighted by Crippen LogP contribution is 2.49. The van der Waals surface area contributed by atoms with E-state index < -0.39 is 0 Å². The van der Waals surface area contributed by atoms with Crippen molar-refractivity contribution in [1.29, 1.82) is 0 Å². The molecule has 2 aromatic rings. The van der Waals surface area contributed by atoms with E-state index in [1.807, 2.05) is 18.5 Å². The molecule has 0 bridgehead atoms. The van der Waals surface area contributed by atoms with Crippen molar-refractivity contribution in [1.82, 2.24) is 20.1 Å². The first kappa shape index (κ1) is 20.2. The molecule has 3 aliphatic rings. The van der Waals surface area contributed by atoms with Gasteiger partial charge in [-0.05, 0) is 69.2 Å². The van der Waals surface area contributed by atoms with Crippen molar-refractivity contribution >= 4 is 0 Å². The summed E-state index contributed by atoms with van der Waals surface area (Å²) in [6, 6.07) is 9.52. The monoisotopic (exact) mass is 408 g/mol. The van der Waals surface area contributed by atoms with Crippen molar-refractivity contribution in [3.8, 4) is 0 Å². The molecule has 2 fully saturated rings. The summed E-state index contributed by atoms with van der Waals surface area (Å²) in [6.45, 7) is 6.48. The van der Waals surface area contributed by atoms with Crippen molar-refractivity contribution in [2.45, 2.75) is 88.3 Å². The Morgan fingerprint density at radius 1 is 1.17 bits per heavy atom. The summed E-state index contributed by atoms with van der Waals surface area (Å²) in [4.78, 5) is 4.85. The van der Waals surface area contributed by atoms with Gasteiger partial charge in [-0.3, -0.25) is 9.67 Å². The molecular formula is C25H36N4O. The fourth-order valence-electron chi connectivity index (χ4n) is 6.36. The summed E-state index contributed by atoms with van der Waals surface area (Å²) >= 11 is 0. The van der Waals surface area contributed by atoms with Crippen LogP contribution in [0.15, 0.2) is 36.7 Å². The zero-order valence-corrected chi connectivity index (χ0v) is 18.5. The second-order valence-electron chi connectivity index (χ2n) is 10.2. The molecule has 1 saturated heterocycles. The van der Waals surface area contributed by atoms with Gasteiger partial charge in [-0.2, -0.15) is 5.10 Å². The molecule has 2 aliphatic heterocycles. The van der Waals surface area contributed by atoms with Gasteiger partial charge in [0.05, 0.1) is 23.4 Å². The van der Waals surface area contributed by atoms with E-state index in [0.29, 0.717) is 18.0 Å². The minimum atomic E-state index is 0.0878. The standard InChI is InChI=1S/C25H36N4O/c1-19(2)22-17-20(21-8-14-28-29(21)22)26-15-11-24(23-7-3-6-13-27-23)12-16-30-25(18-24)9-4-5-10-25/h3,6-8,13-14,19-20,22,26H,4-5,9-12,15-18H2,1-2H3/t20-,22+,24+/m0/s1. The smallest absolute Gasteiger partial charge is 0.0691 e. The molecule has 1 aliphatic carbocycles. The number of hydrogen-bond donors (Lipinski definition) is 1. The second kappa shape index (κ2) is 8.08. The van der Waals surface area contributed by atoms with Crippen molar-refractivity contribution < 1.29 is 4.74 Å². The lowest BCUT2D eigenvalue weighted by molar-refractivity contribution is -0.104. The average molecular weight is 409 g/mol. The third kappa shape index (κ3) is 3.60. The molecule has 0 unspecified atom stereocenters. The van der Waals surface area contributed by atoms with Gasteiger partial charge in [0.2, 0.25) is 0 Å². The van der Waals surface area contributed by atoms with E-state index in [0.717, 1.165) is 38.8 Å². The first-order valence-electron chi connectivity index (χ1n) is 11.9. The van der Waals surface area contributed by atoms with Crippen molar-refractivity contribution in [2.24, 2.45) is 5.92 Å². The van der Waals surface area contributed by atoms with Crippen LogP contribution in [0, 0.1) is 5.92 Å². The number of ether oxygens (including phenoxy) is 1. The van der Waals surface area contributed by atoms with Crippen LogP contribution in [0.1, 0.15) is 88.7 Å². The number of nitrogens with zero attached hydrogens (tertiary/aromatic N) is 3. The van der Waals surface area contributed by atoms with Gasteiger partial charge in [-0.1, -0.05) is 32.8 Å². The molecule has 30 heavy (non-hydrogen) atoms. The lowest BCUT2D eigenvalue weighted by atomic mass is 9.68. The molecule has 2 aromatic heterocycles. The van der Waals surface area contributed by atoms with Crippen LogP contribution in [0.4, 0.5) is 0 Å². The Balaban J connectivity index is 1.32. The summed E-state index contributed by atoms with van der Waals surface area (Å²) in [5, 5.41) is 8.51. The summed E-state index contributed by atoms with van der Waals surface area (Å²) < 4.78 is 8.65. The molecule has 3 atom stereocenters. The highest BCUT2D eigenvalue weighted by atomic mass is 16.5.